The second-order valence-corrected chi connectivity index (χ2v) is 8.53. The lowest BCUT2D eigenvalue weighted by Gasteiger charge is -2.39. The van der Waals surface area contributed by atoms with Gasteiger partial charge >= 0.3 is 5.97 Å². The van der Waals surface area contributed by atoms with Crippen molar-refractivity contribution >= 4 is 16.9 Å². The van der Waals surface area contributed by atoms with Gasteiger partial charge in [-0.3, -0.25) is 9.78 Å². The number of carbonyl (C=O) groups excluding carboxylic acids is 1. The zero-order chi connectivity index (χ0) is 21.8. The number of nitrogens with zero attached hydrogens (tertiary/aromatic N) is 2. The van der Waals surface area contributed by atoms with E-state index in [1.54, 1.807) is 12.3 Å². The maximum absolute atomic E-state index is 12.9. The van der Waals surface area contributed by atoms with Crippen molar-refractivity contribution in [2.75, 3.05) is 6.54 Å². The number of fused-ring (bicyclic) bond motifs is 1. The molecule has 0 saturated carbocycles. The number of piperidine rings is 1. The predicted molar refractivity (Wildman–Crippen MR) is 119 cm³/mol. The number of rotatable bonds is 7. The molecule has 0 aliphatic carbocycles. The Morgan fingerprint density at radius 3 is 2.77 bits per heavy atom. The molecule has 6 nitrogen and oxygen atoms in total. The molecule has 164 valence electrons. The highest BCUT2D eigenvalue weighted by Gasteiger charge is 2.36. The molecule has 1 fully saturated rings. The van der Waals surface area contributed by atoms with E-state index in [0.717, 1.165) is 48.0 Å². The number of aromatic nitrogens is 2. The molecule has 4 atom stereocenters. The molecule has 1 aliphatic heterocycles. The molecular weight excluding hydrogens is 390 g/mol. The van der Waals surface area contributed by atoms with E-state index in [1.807, 2.05) is 37.3 Å². The van der Waals surface area contributed by atoms with Crippen LogP contribution in [0.25, 0.3) is 10.9 Å². The van der Waals surface area contributed by atoms with Crippen LogP contribution in [0.4, 0.5) is 0 Å². The number of esters is 1. The number of para-hydroxylation sites is 1. The molecule has 0 amide bonds. The van der Waals surface area contributed by atoms with Gasteiger partial charge in [-0.05, 0) is 43.9 Å². The summed E-state index contributed by atoms with van der Waals surface area (Å²) < 4.78 is 11.4. The zero-order valence-electron chi connectivity index (χ0n) is 18.5. The molecule has 1 saturated heterocycles. The van der Waals surface area contributed by atoms with Gasteiger partial charge < -0.3 is 14.6 Å². The van der Waals surface area contributed by atoms with Crippen molar-refractivity contribution < 1.29 is 14.1 Å². The Bertz CT molecular complexity index is 1030. The lowest BCUT2D eigenvalue weighted by atomic mass is 9.77. The van der Waals surface area contributed by atoms with Gasteiger partial charge in [-0.15, -0.1) is 0 Å². The van der Waals surface area contributed by atoms with Crippen molar-refractivity contribution in [3.63, 3.8) is 0 Å². The summed E-state index contributed by atoms with van der Waals surface area (Å²) in [6, 6.07) is 11.8. The average molecular weight is 422 g/mol. The van der Waals surface area contributed by atoms with Gasteiger partial charge in [0.15, 0.2) is 0 Å². The first kappa shape index (κ1) is 21.5. The molecule has 3 aromatic rings. The Morgan fingerprint density at radius 1 is 1.23 bits per heavy atom. The predicted octanol–water partition coefficient (Wildman–Crippen LogP) is 4.77. The lowest BCUT2D eigenvalue weighted by molar-refractivity contribution is -0.151. The van der Waals surface area contributed by atoms with Crippen molar-refractivity contribution in [2.45, 2.75) is 58.6 Å². The summed E-state index contributed by atoms with van der Waals surface area (Å²) in [7, 11) is 0. The molecule has 1 aromatic carbocycles. The van der Waals surface area contributed by atoms with Crippen LogP contribution in [0.1, 0.15) is 56.2 Å². The fraction of sp³-hybridized carbons (Fsp3) is 0.480. The van der Waals surface area contributed by atoms with E-state index in [2.05, 4.69) is 29.3 Å². The molecular formula is C25H31N3O3. The molecule has 1 aliphatic rings. The van der Waals surface area contributed by atoms with Gasteiger partial charge in [0.1, 0.15) is 18.3 Å². The quantitative estimate of drug-likeness (QED) is 0.554. The molecule has 4 rings (SSSR count). The van der Waals surface area contributed by atoms with E-state index in [0.29, 0.717) is 17.6 Å². The SMILES string of the molecule is CC[C@H]1CN[C@H]([C@H](OC(=O)Cc2cc(C)no2)c2ccnc3ccccc23)C[C@@H]1CC. The highest BCUT2D eigenvalue weighted by atomic mass is 16.5. The monoisotopic (exact) mass is 421 g/mol. The number of nitrogens with one attached hydrogen (secondary N) is 1. The molecule has 0 radical (unpaired) electrons. The third kappa shape index (κ3) is 4.79. The van der Waals surface area contributed by atoms with Crippen molar-refractivity contribution in [3.05, 3.63) is 59.6 Å². The van der Waals surface area contributed by atoms with E-state index >= 15 is 0 Å². The van der Waals surface area contributed by atoms with Crippen LogP contribution in [-0.2, 0) is 16.0 Å². The number of hydrogen-bond donors (Lipinski definition) is 1. The number of hydrogen-bond acceptors (Lipinski definition) is 6. The van der Waals surface area contributed by atoms with E-state index in [9.17, 15) is 4.79 Å². The summed E-state index contributed by atoms with van der Waals surface area (Å²) in [5.74, 6) is 1.48. The second kappa shape index (κ2) is 9.60. The standard InChI is InChI=1S/C25H31N3O3/c1-4-17-13-23(27-15-18(17)5-2)25(30-24(29)14-19-12-16(3)28-31-19)21-10-11-26-22-9-7-6-8-20(21)22/h6-12,17-18,23,25,27H,4-5,13-15H2,1-3H3/t17-,18-,23-,25+/m0/s1. The molecule has 0 unspecified atom stereocenters. The highest BCUT2D eigenvalue weighted by Crippen LogP contribution is 2.36. The summed E-state index contributed by atoms with van der Waals surface area (Å²) >= 11 is 0. The van der Waals surface area contributed by atoms with Crippen molar-refractivity contribution in [2.24, 2.45) is 11.8 Å². The van der Waals surface area contributed by atoms with E-state index < -0.39 is 6.10 Å². The van der Waals surface area contributed by atoms with Crippen LogP contribution in [0.5, 0.6) is 0 Å². The van der Waals surface area contributed by atoms with Crippen LogP contribution in [0.3, 0.4) is 0 Å². The van der Waals surface area contributed by atoms with Gasteiger partial charge in [0.05, 0.1) is 11.2 Å². The zero-order valence-corrected chi connectivity index (χ0v) is 18.5. The third-order valence-corrected chi connectivity index (χ3v) is 6.52. The number of ether oxygens (including phenoxy) is 1. The first-order valence-electron chi connectivity index (χ1n) is 11.3. The Morgan fingerprint density at radius 2 is 2.03 bits per heavy atom. The Kier molecular flexibility index (Phi) is 6.66. The maximum Gasteiger partial charge on any atom is 0.314 e. The Balaban J connectivity index is 1.64. The first-order valence-corrected chi connectivity index (χ1v) is 11.3. The number of pyridine rings is 1. The largest absolute Gasteiger partial charge is 0.455 e. The molecule has 3 heterocycles. The minimum atomic E-state index is -0.392. The van der Waals surface area contributed by atoms with Gasteiger partial charge in [-0.25, -0.2) is 0 Å². The van der Waals surface area contributed by atoms with Gasteiger partial charge in [0.2, 0.25) is 0 Å². The summed E-state index contributed by atoms with van der Waals surface area (Å²) in [5, 5.41) is 8.58. The summed E-state index contributed by atoms with van der Waals surface area (Å²) in [5.41, 5.74) is 2.65. The second-order valence-electron chi connectivity index (χ2n) is 8.53. The fourth-order valence-electron chi connectivity index (χ4n) is 4.83. The van der Waals surface area contributed by atoms with Crippen molar-refractivity contribution in [1.82, 2.24) is 15.5 Å². The Hall–Kier alpha value is -2.73. The number of aryl methyl sites for hydroxylation is 1. The van der Waals surface area contributed by atoms with E-state index in [-0.39, 0.29) is 18.4 Å². The minimum absolute atomic E-state index is 0.0546. The minimum Gasteiger partial charge on any atom is -0.455 e. The smallest absolute Gasteiger partial charge is 0.314 e. The number of carbonyl (C=O) groups is 1. The molecule has 6 heteroatoms. The van der Waals surface area contributed by atoms with Crippen LogP contribution in [0.2, 0.25) is 0 Å². The van der Waals surface area contributed by atoms with Crippen LogP contribution in [0, 0.1) is 18.8 Å². The van der Waals surface area contributed by atoms with Gasteiger partial charge in [0.25, 0.3) is 0 Å². The number of benzene rings is 1. The van der Waals surface area contributed by atoms with Gasteiger partial charge in [-0.1, -0.05) is 50.0 Å². The van der Waals surface area contributed by atoms with Crippen LogP contribution in [0.15, 0.2) is 47.1 Å². The Labute approximate surface area is 183 Å². The average Bonchev–Trinajstić information content (AvgIpc) is 3.21. The summed E-state index contributed by atoms with van der Waals surface area (Å²) in [6.45, 7) is 7.29. The van der Waals surface area contributed by atoms with Gasteiger partial charge in [-0.2, -0.15) is 0 Å². The summed E-state index contributed by atoms with van der Waals surface area (Å²) in [4.78, 5) is 17.4. The molecule has 2 aromatic heterocycles. The lowest BCUT2D eigenvalue weighted by Crippen LogP contribution is -2.47. The van der Waals surface area contributed by atoms with Crippen molar-refractivity contribution in [1.29, 1.82) is 0 Å². The topological polar surface area (TPSA) is 77.2 Å². The molecule has 0 bridgehead atoms. The first-order chi connectivity index (χ1) is 15.1. The summed E-state index contributed by atoms with van der Waals surface area (Å²) in [6.07, 6.45) is 4.74. The van der Waals surface area contributed by atoms with E-state index in [4.69, 9.17) is 9.26 Å². The van der Waals surface area contributed by atoms with Crippen LogP contribution < -0.4 is 5.32 Å². The normalized spacial score (nSPS) is 22.4. The van der Waals surface area contributed by atoms with Crippen LogP contribution in [-0.4, -0.2) is 28.7 Å². The fourth-order valence-corrected chi connectivity index (χ4v) is 4.83. The maximum atomic E-state index is 12.9. The third-order valence-electron chi connectivity index (χ3n) is 6.52. The molecule has 31 heavy (non-hydrogen) atoms. The highest BCUT2D eigenvalue weighted by molar-refractivity contribution is 5.83. The van der Waals surface area contributed by atoms with Gasteiger partial charge in [0, 0.05) is 29.3 Å². The van der Waals surface area contributed by atoms with Crippen LogP contribution >= 0.6 is 0 Å². The molecule has 1 N–H and O–H groups in total. The molecule has 0 spiro atoms. The van der Waals surface area contributed by atoms with E-state index in [1.165, 1.54) is 0 Å². The van der Waals surface area contributed by atoms with Crippen molar-refractivity contribution in [3.8, 4) is 0 Å².